The molecular formula is C7H15NO2S2. The summed E-state index contributed by atoms with van der Waals surface area (Å²) < 4.78 is 7.71. The van der Waals surface area contributed by atoms with Crippen LogP contribution in [0.1, 0.15) is 20.3 Å². The van der Waals surface area contributed by atoms with Crippen LogP contribution in [0.15, 0.2) is 0 Å². The van der Waals surface area contributed by atoms with Crippen LogP contribution in [-0.4, -0.2) is 19.1 Å². The molecule has 0 aromatic rings. The van der Waals surface area contributed by atoms with Crippen molar-refractivity contribution in [1.82, 2.24) is 4.72 Å². The SMILES string of the molecule is CC(C)COCCC(=O)NSS. The zero-order chi connectivity index (χ0) is 9.40. The van der Waals surface area contributed by atoms with E-state index in [0.29, 0.717) is 25.6 Å². The van der Waals surface area contributed by atoms with Crippen molar-refractivity contribution < 1.29 is 9.53 Å². The molecule has 0 rings (SSSR count). The molecule has 0 bridgehead atoms. The van der Waals surface area contributed by atoms with Crippen LogP contribution in [0.25, 0.3) is 0 Å². The van der Waals surface area contributed by atoms with Gasteiger partial charge in [-0.3, -0.25) is 9.52 Å². The minimum atomic E-state index is -0.0428. The minimum absolute atomic E-state index is 0.0428. The van der Waals surface area contributed by atoms with E-state index in [1.54, 1.807) is 0 Å². The van der Waals surface area contributed by atoms with Gasteiger partial charge in [0.2, 0.25) is 5.91 Å². The highest BCUT2D eigenvalue weighted by Crippen LogP contribution is 1.98. The van der Waals surface area contributed by atoms with Gasteiger partial charge in [-0.25, -0.2) is 0 Å². The number of carbonyl (C=O) groups excluding carboxylic acids is 1. The van der Waals surface area contributed by atoms with Crippen molar-refractivity contribution in [2.45, 2.75) is 20.3 Å². The van der Waals surface area contributed by atoms with E-state index in [9.17, 15) is 4.79 Å². The third kappa shape index (κ3) is 8.23. The average molecular weight is 209 g/mol. The van der Waals surface area contributed by atoms with Crippen molar-refractivity contribution in [2.24, 2.45) is 5.92 Å². The Hall–Kier alpha value is 0.130. The molecule has 0 fully saturated rings. The molecule has 0 unspecified atom stereocenters. The Bertz CT molecular complexity index is 131. The Morgan fingerprint density at radius 3 is 2.83 bits per heavy atom. The molecule has 0 saturated heterocycles. The molecule has 0 aromatic heterocycles. The Labute approximate surface area is 82.6 Å². The summed E-state index contributed by atoms with van der Waals surface area (Å²) in [6.07, 6.45) is 0.403. The van der Waals surface area contributed by atoms with Gasteiger partial charge < -0.3 is 4.74 Å². The highest BCUT2D eigenvalue weighted by Gasteiger charge is 2.00. The molecule has 0 aliphatic heterocycles. The first-order chi connectivity index (χ1) is 5.66. The fraction of sp³-hybridized carbons (Fsp3) is 0.857. The Kier molecular flexibility index (Phi) is 7.85. The normalized spacial score (nSPS) is 10.3. The van der Waals surface area contributed by atoms with Gasteiger partial charge in [0, 0.05) is 17.6 Å². The number of thiol groups is 1. The van der Waals surface area contributed by atoms with E-state index in [2.05, 4.69) is 30.2 Å². The monoisotopic (exact) mass is 209 g/mol. The van der Waals surface area contributed by atoms with Crippen molar-refractivity contribution in [1.29, 1.82) is 0 Å². The van der Waals surface area contributed by atoms with E-state index in [1.165, 1.54) is 0 Å². The fourth-order valence-corrected chi connectivity index (χ4v) is 1.10. The molecule has 0 aliphatic rings. The van der Waals surface area contributed by atoms with E-state index in [4.69, 9.17) is 4.74 Å². The standard InChI is InChI=1S/C7H15NO2S2/c1-6(2)5-10-4-3-7(9)8-12-11/h6,11H,3-5H2,1-2H3,(H,8,9). The van der Waals surface area contributed by atoms with Gasteiger partial charge in [-0.2, -0.15) is 0 Å². The van der Waals surface area contributed by atoms with Crippen molar-refractivity contribution in [3.63, 3.8) is 0 Å². The van der Waals surface area contributed by atoms with Crippen molar-refractivity contribution in [3.8, 4) is 0 Å². The molecule has 0 heterocycles. The van der Waals surface area contributed by atoms with Crippen LogP contribution in [0.4, 0.5) is 0 Å². The first-order valence-electron chi connectivity index (χ1n) is 3.83. The Morgan fingerprint density at radius 1 is 1.67 bits per heavy atom. The molecule has 72 valence electrons. The minimum Gasteiger partial charge on any atom is -0.381 e. The van der Waals surface area contributed by atoms with Gasteiger partial charge in [0.1, 0.15) is 0 Å². The highest BCUT2D eigenvalue weighted by molar-refractivity contribution is 8.68. The molecule has 5 heteroatoms. The molecular weight excluding hydrogens is 194 g/mol. The topological polar surface area (TPSA) is 38.3 Å². The second-order valence-electron chi connectivity index (χ2n) is 2.84. The average Bonchev–Trinajstić information content (AvgIpc) is 1.98. The largest absolute Gasteiger partial charge is 0.381 e. The predicted octanol–water partition coefficient (Wildman–Crippen LogP) is 1.66. The molecule has 0 saturated carbocycles. The summed E-state index contributed by atoms with van der Waals surface area (Å²) in [5.74, 6) is 0.478. The van der Waals surface area contributed by atoms with Gasteiger partial charge in [0.05, 0.1) is 13.0 Å². The van der Waals surface area contributed by atoms with E-state index < -0.39 is 0 Å². The van der Waals surface area contributed by atoms with Crippen molar-refractivity contribution >= 4 is 28.5 Å². The summed E-state index contributed by atoms with van der Waals surface area (Å²) in [6.45, 7) is 5.34. The summed E-state index contributed by atoms with van der Waals surface area (Å²) in [5, 5.41) is 0. The van der Waals surface area contributed by atoms with Gasteiger partial charge >= 0.3 is 0 Å². The van der Waals surface area contributed by atoms with Crippen molar-refractivity contribution in [3.05, 3.63) is 0 Å². The Balaban J connectivity index is 3.14. The Morgan fingerprint density at radius 2 is 2.33 bits per heavy atom. The number of amides is 1. The summed E-state index contributed by atoms with van der Waals surface area (Å²) >= 11 is 3.78. The lowest BCUT2D eigenvalue weighted by molar-refractivity contribution is -0.120. The number of nitrogens with one attached hydrogen (secondary N) is 1. The van der Waals surface area contributed by atoms with Gasteiger partial charge in [-0.1, -0.05) is 25.5 Å². The first kappa shape index (κ1) is 12.1. The smallest absolute Gasteiger partial charge is 0.232 e. The van der Waals surface area contributed by atoms with Crippen LogP contribution in [0, 0.1) is 5.92 Å². The maximum absolute atomic E-state index is 10.8. The summed E-state index contributed by atoms with van der Waals surface area (Å²) in [6, 6.07) is 0. The van der Waals surface area contributed by atoms with Crippen molar-refractivity contribution in [2.75, 3.05) is 13.2 Å². The van der Waals surface area contributed by atoms with Gasteiger partial charge in [-0.15, -0.1) is 0 Å². The lowest BCUT2D eigenvalue weighted by Crippen LogP contribution is -2.17. The molecule has 1 amide bonds. The van der Waals surface area contributed by atoms with Gasteiger partial charge in [0.25, 0.3) is 0 Å². The summed E-state index contributed by atoms with van der Waals surface area (Å²) in [5.41, 5.74) is 0. The molecule has 0 aromatic carbocycles. The van der Waals surface area contributed by atoms with Crippen LogP contribution in [-0.2, 0) is 9.53 Å². The molecule has 0 radical (unpaired) electrons. The molecule has 0 spiro atoms. The number of carbonyl (C=O) groups is 1. The molecule has 1 N–H and O–H groups in total. The maximum atomic E-state index is 10.8. The number of hydrogen-bond acceptors (Lipinski definition) is 4. The quantitative estimate of drug-likeness (QED) is 0.302. The van der Waals surface area contributed by atoms with E-state index in [-0.39, 0.29) is 5.91 Å². The second kappa shape index (κ2) is 7.76. The van der Waals surface area contributed by atoms with Crippen LogP contribution in [0.5, 0.6) is 0 Å². The van der Waals surface area contributed by atoms with Crippen LogP contribution < -0.4 is 4.72 Å². The first-order valence-corrected chi connectivity index (χ1v) is 5.70. The highest BCUT2D eigenvalue weighted by atomic mass is 33.1. The zero-order valence-electron chi connectivity index (χ0n) is 7.37. The maximum Gasteiger partial charge on any atom is 0.232 e. The summed E-state index contributed by atoms with van der Waals surface area (Å²) in [4.78, 5) is 10.8. The summed E-state index contributed by atoms with van der Waals surface area (Å²) in [7, 11) is 1.01. The molecule has 0 atom stereocenters. The lowest BCUT2D eigenvalue weighted by atomic mass is 10.2. The third-order valence-corrected chi connectivity index (χ3v) is 1.68. The van der Waals surface area contributed by atoms with E-state index in [1.807, 2.05) is 0 Å². The van der Waals surface area contributed by atoms with E-state index in [0.717, 1.165) is 11.0 Å². The molecule has 3 nitrogen and oxygen atoms in total. The fourth-order valence-electron chi connectivity index (χ4n) is 0.586. The third-order valence-electron chi connectivity index (χ3n) is 1.08. The molecule has 12 heavy (non-hydrogen) atoms. The van der Waals surface area contributed by atoms with Crippen LogP contribution in [0.2, 0.25) is 0 Å². The van der Waals surface area contributed by atoms with Gasteiger partial charge in [0.15, 0.2) is 0 Å². The van der Waals surface area contributed by atoms with Crippen LogP contribution >= 0.6 is 22.6 Å². The van der Waals surface area contributed by atoms with Gasteiger partial charge in [-0.05, 0) is 5.92 Å². The number of rotatable bonds is 6. The zero-order valence-corrected chi connectivity index (χ0v) is 9.08. The second-order valence-corrected chi connectivity index (χ2v) is 3.77. The predicted molar refractivity (Wildman–Crippen MR) is 55.0 cm³/mol. The van der Waals surface area contributed by atoms with Crippen LogP contribution in [0.3, 0.4) is 0 Å². The number of ether oxygens (including phenoxy) is 1. The van der Waals surface area contributed by atoms with E-state index >= 15 is 0 Å². The lowest BCUT2D eigenvalue weighted by Gasteiger charge is -2.05. The molecule has 0 aliphatic carbocycles. The number of hydrogen-bond donors (Lipinski definition) is 2.